The Bertz CT molecular complexity index is 561. The Morgan fingerprint density at radius 2 is 1.89 bits per heavy atom. The van der Waals surface area contributed by atoms with Crippen molar-refractivity contribution in [2.75, 3.05) is 5.33 Å². The maximum Gasteiger partial charge on any atom is 0.00662 e. The molecule has 19 heavy (non-hydrogen) atoms. The Hall–Kier alpha value is -1.08. The van der Waals surface area contributed by atoms with Crippen molar-refractivity contribution in [3.05, 3.63) is 64.8 Å². The van der Waals surface area contributed by atoms with E-state index in [2.05, 4.69) is 58.4 Å². The zero-order valence-electron chi connectivity index (χ0n) is 11.2. The number of hydrogen-bond donors (Lipinski definition) is 0. The minimum Gasteiger partial charge on any atom is -0.0925 e. The summed E-state index contributed by atoms with van der Waals surface area (Å²) < 4.78 is 0. The predicted octanol–water partition coefficient (Wildman–Crippen LogP) is 5.45. The van der Waals surface area contributed by atoms with Crippen molar-refractivity contribution in [2.24, 2.45) is 0 Å². The van der Waals surface area contributed by atoms with Crippen molar-refractivity contribution in [2.45, 2.75) is 32.1 Å². The lowest BCUT2D eigenvalue weighted by Gasteiger charge is -2.17. The number of hydrogen-bond acceptors (Lipinski definition) is 0. The number of rotatable bonds is 2. The summed E-state index contributed by atoms with van der Waals surface area (Å²) in [4.78, 5) is 0. The van der Waals surface area contributed by atoms with Crippen molar-refractivity contribution in [1.82, 2.24) is 0 Å². The average molecular weight is 315 g/mol. The Kier molecular flexibility index (Phi) is 4.03. The highest BCUT2D eigenvalue weighted by Crippen LogP contribution is 2.39. The van der Waals surface area contributed by atoms with Crippen LogP contribution in [0, 0.1) is 0 Å². The van der Waals surface area contributed by atoms with Crippen LogP contribution in [0.1, 0.15) is 36.8 Å². The summed E-state index contributed by atoms with van der Waals surface area (Å²) in [6.07, 6.45) is 13.1. The molecule has 98 valence electrons. The smallest absolute Gasteiger partial charge is 0.00662 e. The fraction of sp³-hybridized carbons (Fsp3) is 0.333. The summed E-state index contributed by atoms with van der Waals surface area (Å²) in [6, 6.07) is 8.90. The minimum absolute atomic E-state index is 1.03. The summed E-state index contributed by atoms with van der Waals surface area (Å²) in [7, 11) is 0. The molecule has 1 aromatic rings. The molecule has 0 saturated carbocycles. The van der Waals surface area contributed by atoms with Crippen LogP contribution < -0.4 is 0 Å². The molecule has 0 nitrogen and oxygen atoms in total. The molecule has 3 rings (SSSR count). The van der Waals surface area contributed by atoms with Gasteiger partial charge in [0.2, 0.25) is 0 Å². The van der Waals surface area contributed by atoms with Crippen LogP contribution in [0.2, 0.25) is 0 Å². The van der Waals surface area contributed by atoms with Gasteiger partial charge in [-0.15, -0.1) is 0 Å². The second-order valence-corrected chi connectivity index (χ2v) is 5.97. The van der Waals surface area contributed by atoms with E-state index >= 15 is 0 Å². The fourth-order valence-corrected chi connectivity index (χ4v) is 3.31. The van der Waals surface area contributed by atoms with E-state index in [1.54, 1.807) is 5.57 Å². The van der Waals surface area contributed by atoms with Gasteiger partial charge in [-0.25, -0.2) is 0 Å². The first-order valence-corrected chi connectivity index (χ1v) is 8.26. The SMILES string of the molecule is BrCCC=C1C2=CCCC=C2CCc2ccccc21. The van der Waals surface area contributed by atoms with E-state index in [0.29, 0.717) is 0 Å². The lowest BCUT2D eigenvalue weighted by atomic mass is 9.88. The van der Waals surface area contributed by atoms with Crippen LogP contribution in [-0.4, -0.2) is 5.33 Å². The summed E-state index contributed by atoms with van der Waals surface area (Å²) >= 11 is 3.55. The highest BCUT2D eigenvalue weighted by Gasteiger charge is 2.20. The van der Waals surface area contributed by atoms with Gasteiger partial charge in [0.15, 0.2) is 0 Å². The third-order valence-corrected chi connectivity index (χ3v) is 4.43. The van der Waals surface area contributed by atoms with Gasteiger partial charge in [-0.1, -0.05) is 58.4 Å². The van der Waals surface area contributed by atoms with Crippen LogP contribution in [0.15, 0.2) is 53.6 Å². The van der Waals surface area contributed by atoms with Crippen LogP contribution in [0.4, 0.5) is 0 Å². The molecule has 0 atom stereocenters. The van der Waals surface area contributed by atoms with Gasteiger partial charge >= 0.3 is 0 Å². The third kappa shape index (κ3) is 2.62. The van der Waals surface area contributed by atoms with Crippen molar-refractivity contribution in [3.63, 3.8) is 0 Å². The molecule has 0 bridgehead atoms. The monoisotopic (exact) mass is 314 g/mol. The van der Waals surface area contributed by atoms with E-state index < -0.39 is 0 Å². The topological polar surface area (TPSA) is 0 Å². The first kappa shape index (κ1) is 12.9. The van der Waals surface area contributed by atoms with E-state index in [0.717, 1.165) is 11.8 Å². The first-order valence-electron chi connectivity index (χ1n) is 7.14. The molecule has 1 aromatic carbocycles. The van der Waals surface area contributed by atoms with Crippen LogP contribution in [0.3, 0.4) is 0 Å². The highest BCUT2D eigenvalue weighted by molar-refractivity contribution is 9.09. The maximum absolute atomic E-state index is 3.55. The second kappa shape index (κ2) is 5.92. The summed E-state index contributed by atoms with van der Waals surface area (Å²) in [6.45, 7) is 0. The molecule has 1 heteroatoms. The van der Waals surface area contributed by atoms with Gasteiger partial charge in [-0.2, -0.15) is 0 Å². The standard InChI is InChI=1S/C18H19Br/c19-13-5-10-18-16-8-3-1-6-14(16)11-12-15-7-2-4-9-17(15)18/h1,3,6-10H,2,4-5,11-13H2. The van der Waals surface area contributed by atoms with Gasteiger partial charge in [0.1, 0.15) is 0 Å². The molecule has 0 amide bonds. The molecule has 2 aliphatic rings. The molecule has 0 fully saturated rings. The summed E-state index contributed by atoms with van der Waals surface area (Å²) in [5, 5.41) is 1.03. The molecule has 0 aromatic heterocycles. The number of aryl methyl sites for hydroxylation is 1. The zero-order chi connectivity index (χ0) is 13.1. The van der Waals surface area contributed by atoms with Gasteiger partial charge < -0.3 is 0 Å². The Morgan fingerprint density at radius 3 is 2.79 bits per heavy atom. The van der Waals surface area contributed by atoms with Gasteiger partial charge in [0.05, 0.1) is 0 Å². The Labute approximate surface area is 124 Å². The average Bonchev–Trinajstić information content (AvgIpc) is 2.62. The maximum atomic E-state index is 3.55. The molecule has 0 spiro atoms. The van der Waals surface area contributed by atoms with Crippen LogP contribution in [0.5, 0.6) is 0 Å². The predicted molar refractivity (Wildman–Crippen MR) is 86.6 cm³/mol. The van der Waals surface area contributed by atoms with Gasteiger partial charge in [-0.05, 0) is 60.0 Å². The van der Waals surface area contributed by atoms with Crippen molar-refractivity contribution >= 4 is 21.5 Å². The van der Waals surface area contributed by atoms with E-state index in [9.17, 15) is 0 Å². The van der Waals surface area contributed by atoms with Crippen molar-refractivity contribution in [3.8, 4) is 0 Å². The summed E-state index contributed by atoms with van der Waals surface area (Å²) in [5.74, 6) is 0. The van der Waals surface area contributed by atoms with E-state index in [4.69, 9.17) is 0 Å². The molecular weight excluding hydrogens is 296 g/mol. The largest absolute Gasteiger partial charge is 0.0925 e. The van der Waals surface area contributed by atoms with Crippen molar-refractivity contribution < 1.29 is 0 Å². The first-order chi connectivity index (χ1) is 9.40. The minimum atomic E-state index is 1.03. The van der Waals surface area contributed by atoms with E-state index in [-0.39, 0.29) is 0 Å². The van der Waals surface area contributed by atoms with Gasteiger partial charge in [0, 0.05) is 5.33 Å². The Morgan fingerprint density at radius 1 is 1.05 bits per heavy atom. The zero-order valence-corrected chi connectivity index (χ0v) is 12.7. The normalized spacial score (nSPS) is 20.2. The molecule has 0 saturated heterocycles. The highest BCUT2D eigenvalue weighted by atomic mass is 79.9. The summed E-state index contributed by atoms with van der Waals surface area (Å²) in [5.41, 5.74) is 7.46. The molecule has 0 radical (unpaired) electrons. The number of benzene rings is 1. The number of halogens is 1. The van der Waals surface area contributed by atoms with Gasteiger partial charge in [0.25, 0.3) is 0 Å². The number of alkyl halides is 1. The number of fused-ring (bicyclic) bond motifs is 2. The fourth-order valence-electron chi connectivity index (χ4n) is 3.08. The molecular formula is C18H19Br. The molecule has 0 N–H and O–H groups in total. The van der Waals surface area contributed by atoms with Crippen molar-refractivity contribution in [1.29, 1.82) is 0 Å². The third-order valence-electron chi connectivity index (χ3n) is 3.97. The quantitative estimate of drug-likeness (QED) is 0.637. The van der Waals surface area contributed by atoms with E-state index in [1.807, 2.05) is 0 Å². The van der Waals surface area contributed by atoms with Crippen LogP contribution in [0.25, 0.3) is 5.57 Å². The van der Waals surface area contributed by atoms with Crippen LogP contribution in [-0.2, 0) is 6.42 Å². The lowest BCUT2D eigenvalue weighted by Crippen LogP contribution is -1.97. The lowest BCUT2D eigenvalue weighted by molar-refractivity contribution is 0.918. The van der Waals surface area contributed by atoms with Crippen LogP contribution >= 0.6 is 15.9 Å². The Balaban J connectivity index is 2.13. The van der Waals surface area contributed by atoms with E-state index in [1.165, 1.54) is 48.0 Å². The molecule has 0 unspecified atom stereocenters. The molecule has 0 aliphatic heterocycles. The molecule has 2 aliphatic carbocycles. The molecule has 0 heterocycles. The number of allylic oxidation sites excluding steroid dienone is 6. The van der Waals surface area contributed by atoms with Gasteiger partial charge in [-0.3, -0.25) is 0 Å². The second-order valence-electron chi connectivity index (χ2n) is 5.18.